The smallest absolute Gasteiger partial charge is 0.192 e. The van der Waals surface area contributed by atoms with Gasteiger partial charge in [0.15, 0.2) is 22.9 Å². The fraction of sp³-hybridized carbons (Fsp3) is 0.528. The van der Waals surface area contributed by atoms with E-state index in [1.54, 1.807) is 0 Å². The van der Waals surface area contributed by atoms with E-state index in [1.807, 2.05) is 42.5 Å². The second-order valence-corrected chi connectivity index (χ2v) is 26.4. The third-order valence-corrected chi connectivity index (χ3v) is 20.5. The molecule has 11 heteroatoms. The highest BCUT2D eigenvalue weighted by Gasteiger charge is 2.54. The molecule has 1 aliphatic rings. The maximum atomic E-state index is 7.35. The molecular weight excluding hydrogens is 639 g/mol. The molecule has 254 valence electrons. The predicted molar refractivity (Wildman–Crippen MR) is 201 cm³/mol. The lowest BCUT2D eigenvalue weighted by Crippen LogP contribution is -2.53. The van der Waals surface area contributed by atoms with Gasteiger partial charge >= 0.3 is 0 Å². The van der Waals surface area contributed by atoms with Crippen molar-refractivity contribution in [2.45, 2.75) is 115 Å². The quantitative estimate of drug-likeness (QED) is 0.165. The largest absolute Gasteiger partial charge is 0.408 e. The number of nitrogen functional groups attached to an aromatic ring is 1. The minimum atomic E-state index is -2.26. The third-order valence-electron chi connectivity index (χ3n) is 10.5. The Balaban J connectivity index is 1.53. The first-order chi connectivity index (χ1) is 21.9. The number of aryl methyl sites for hydroxylation is 1. The zero-order valence-corrected chi connectivity index (χ0v) is 32.8. The molecule has 1 saturated heterocycles. The lowest BCUT2D eigenvalue weighted by molar-refractivity contribution is -0.0244. The molecule has 8 nitrogen and oxygen atoms in total. The molecule has 4 heterocycles. The van der Waals surface area contributed by atoms with Gasteiger partial charge in [-0.3, -0.25) is 4.98 Å². The SMILES string of the molecule is Cc1cncc(-c2ccccc2)c1CSC[C@H]1O[C@@H](n2ccc3c(N)ncnc32)[C@H](O[Si](C)(C)C(C)(C)C)[C@@H]1O[Si](C)(C)C(C)(C)C. The number of benzene rings is 1. The van der Waals surface area contributed by atoms with Crippen LogP contribution in [0.5, 0.6) is 0 Å². The third kappa shape index (κ3) is 7.40. The summed E-state index contributed by atoms with van der Waals surface area (Å²) in [4.78, 5) is 13.4. The average molecular weight is 692 g/mol. The van der Waals surface area contributed by atoms with Gasteiger partial charge in [0.25, 0.3) is 0 Å². The van der Waals surface area contributed by atoms with E-state index in [1.165, 1.54) is 28.6 Å². The number of pyridine rings is 1. The number of ether oxygens (including phenoxy) is 1. The molecule has 0 aliphatic carbocycles. The van der Waals surface area contributed by atoms with Crippen molar-refractivity contribution in [3.8, 4) is 11.1 Å². The van der Waals surface area contributed by atoms with E-state index in [0.29, 0.717) is 5.82 Å². The summed E-state index contributed by atoms with van der Waals surface area (Å²) < 4.78 is 23.9. The minimum absolute atomic E-state index is 0.00394. The van der Waals surface area contributed by atoms with Crippen molar-refractivity contribution < 1.29 is 13.6 Å². The molecule has 2 N–H and O–H groups in total. The highest BCUT2D eigenvalue weighted by Crippen LogP contribution is 2.47. The highest BCUT2D eigenvalue weighted by atomic mass is 32.2. The van der Waals surface area contributed by atoms with Gasteiger partial charge in [0.05, 0.1) is 11.5 Å². The van der Waals surface area contributed by atoms with Gasteiger partial charge in [0.2, 0.25) is 0 Å². The average Bonchev–Trinajstić information content (AvgIpc) is 3.55. The standard InChI is InChI=1S/C36H53N5O3SSi2/c1-24-19-38-20-27(25-15-13-12-14-16-25)28(24)21-45-22-29-30(43-46(8,9)35(2,3)4)31(44-47(10,11)36(5,6)7)34(42-29)41-18-17-26-32(37)39-23-40-33(26)41/h12-20,23,29-31,34H,21-22H2,1-11H3,(H2,37,39,40)/t29-,30-,31-,34-/m1/s1. The molecule has 47 heavy (non-hydrogen) atoms. The number of nitrogens with two attached hydrogens (primary N) is 1. The van der Waals surface area contributed by atoms with Gasteiger partial charge in [-0.1, -0.05) is 71.9 Å². The van der Waals surface area contributed by atoms with Crippen molar-refractivity contribution in [3.05, 3.63) is 72.4 Å². The van der Waals surface area contributed by atoms with Gasteiger partial charge in [0, 0.05) is 35.7 Å². The Morgan fingerprint density at radius 1 is 0.894 bits per heavy atom. The minimum Gasteiger partial charge on any atom is -0.408 e. The van der Waals surface area contributed by atoms with E-state index in [2.05, 4.69) is 118 Å². The first-order valence-corrected chi connectivity index (χ1v) is 23.5. The number of anilines is 1. The molecule has 0 spiro atoms. The Kier molecular flexibility index (Phi) is 10.2. The molecular formula is C36H53N5O3SSi2. The number of nitrogens with zero attached hydrogens (tertiary/aromatic N) is 4. The second kappa shape index (κ2) is 13.4. The van der Waals surface area contributed by atoms with Gasteiger partial charge in [-0.2, -0.15) is 11.8 Å². The van der Waals surface area contributed by atoms with Gasteiger partial charge < -0.3 is 23.9 Å². The molecule has 0 saturated carbocycles. The van der Waals surface area contributed by atoms with E-state index in [0.717, 1.165) is 22.5 Å². The Morgan fingerprint density at radius 2 is 1.53 bits per heavy atom. The van der Waals surface area contributed by atoms with Crippen LogP contribution < -0.4 is 5.73 Å². The number of thioether (sulfide) groups is 1. The van der Waals surface area contributed by atoms with Crippen molar-refractivity contribution >= 4 is 45.2 Å². The summed E-state index contributed by atoms with van der Waals surface area (Å²) in [6.07, 6.45) is 6.25. The Bertz CT molecular complexity index is 1680. The molecule has 4 atom stereocenters. The first-order valence-electron chi connectivity index (χ1n) is 16.6. The molecule has 4 aromatic rings. The van der Waals surface area contributed by atoms with Crippen LogP contribution in [0.3, 0.4) is 0 Å². The molecule has 1 fully saturated rings. The molecule has 5 rings (SSSR count). The fourth-order valence-electron chi connectivity index (χ4n) is 5.49. The van der Waals surface area contributed by atoms with Gasteiger partial charge in [-0.25, -0.2) is 9.97 Å². The molecule has 1 aliphatic heterocycles. The van der Waals surface area contributed by atoms with Crippen molar-refractivity contribution in [2.75, 3.05) is 11.5 Å². The Hall–Kier alpha value is -2.55. The van der Waals surface area contributed by atoms with E-state index < -0.39 is 22.9 Å². The van der Waals surface area contributed by atoms with Gasteiger partial charge in [0.1, 0.15) is 30.0 Å². The van der Waals surface area contributed by atoms with Crippen molar-refractivity contribution in [1.29, 1.82) is 0 Å². The second-order valence-electron chi connectivity index (χ2n) is 15.8. The van der Waals surface area contributed by atoms with Gasteiger partial charge in [-0.05, 0) is 65.9 Å². The molecule has 1 aromatic carbocycles. The van der Waals surface area contributed by atoms with Crippen LogP contribution in [0, 0.1) is 6.92 Å². The molecule has 0 bridgehead atoms. The zero-order valence-electron chi connectivity index (χ0n) is 30.0. The van der Waals surface area contributed by atoms with E-state index in [4.69, 9.17) is 19.3 Å². The number of fused-ring (bicyclic) bond motifs is 1. The van der Waals surface area contributed by atoms with Gasteiger partial charge in [-0.15, -0.1) is 0 Å². The monoisotopic (exact) mass is 691 g/mol. The molecule has 3 aromatic heterocycles. The number of hydrogen-bond donors (Lipinski definition) is 1. The summed E-state index contributed by atoms with van der Waals surface area (Å²) in [5, 5.41) is 0.831. The van der Waals surface area contributed by atoms with Crippen LogP contribution in [0.4, 0.5) is 5.82 Å². The lowest BCUT2D eigenvalue weighted by Gasteiger charge is -2.44. The fourth-order valence-corrected chi connectivity index (χ4v) is 9.30. The van der Waals surface area contributed by atoms with Crippen LogP contribution in [0.2, 0.25) is 36.3 Å². The van der Waals surface area contributed by atoms with Crippen LogP contribution in [-0.4, -0.2) is 60.2 Å². The van der Waals surface area contributed by atoms with Crippen LogP contribution in [0.15, 0.2) is 61.3 Å². The Morgan fingerprint density at radius 3 is 2.17 bits per heavy atom. The normalized spacial score (nSPS) is 21.1. The van der Waals surface area contributed by atoms with Crippen LogP contribution in [0.25, 0.3) is 22.2 Å². The zero-order chi connectivity index (χ0) is 34.4. The summed E-state index contributed by atoms with van der Waals surface area (Å²) >= 11 is 1.88. The van der Waals surface area contributed by atoms with E-state index in [-0.39, 0.29) is 28.4 Å². The van der Waals surface area contributed by atoms with Crippen molar-refractivity contribution in [2.24, 2.45) is 0 Å². The number of rotatable bonds is 10. The summed E-state index contributed by atoms with van der Waals surface area (Å²) in [5.74, 6) is 2.04. The molecule has 0 amide bonds. The summed E-state index contributed by atoms with van der Waals surface area (Å²) in [6, 6.07) is 12.5. The highest BCUT2D eigenvalue weighted by molar-refractivity contribution is 7.98. The lowest BCUT2D eigenvalue weighted by atomic mass is 10.0. The summed E-state index contributed by atoms with van der Waals surface area (Å²) in [5.41, 5.74) is 11.9. The summed E-state index contributed by atoms with van der Waals surface area (Å²) in [7, 11) is -4.49. The van der Waals surface area contributed by atoms with Crippen LogP contribution in [-0.2, 0) is 19.3 Å². The van der Waals surface area contributed by atoms with Crippen LogP contribution >= 0.6 is 11.8 Å². The van der Waals surface area contributed by atoms with Crippen molar-refractivity contribution in [3.63, 3.8) is 0 Å². The van der Waals surface area contributed by atoms with Crippen LogP contribution in [0.1, 0.15) is 58.9 Å². The number of aromatic nitrogens is 4. The van der Waals surface area contributed by atoms with E-state index in [9.17, 15) is 0 Å². The number of hydrogen-bond acceptors (Lipinski definition) is 8. The maximum absolute atomic E-state index is 7.35. The summed E-state index contributed by atoms with van der Waals surface area (Å²) in [6.45, 7) is 25.1. The molecule has 0 radical (unpaired) electrons. The molecule has 0 unspecified atom stereocenters. The predicted octanol–water partition coefficient (Wildman–Crippen LogP) is 9.00. The van der Waals surface area contributed by atoms with E-state index >= 15 is 0 Å². The Labute approximate surface area is 287 Å². The van der Waals surface area contributed by atoms with Crippen molar-refractivity contribution in [1.82, 2.24) is 19.5 Å². The topological polar surface area (TPSA) is 97.3 Å². The first kappa shape index (κ1) is 35.8. The maximum Gasteiger partial charge on any atom is 0.192 e.